The zero-order valence-corrected chi connectivity index (χ0v) is 15.1. The third kappa shape index (κ3) is 2.08. The molecule has 1 amide bonds. The fourth-order valence-corrected chi connectivity index (χ4v) is 4.00. The van der Waals surface area contributed by atoms with Gasteiger partial charge in [0.15, 0.2) is 5.60 Å². The van der Waals surface area contributed by atoms with Crippen LogP contribution in [-0.4, -0.2) is 39.0 Å². The molecular formula is C20H17N5O3. The first-order chi connectivity index (χ1) is 13.5. The number of carbonyl (C=O) groups is 1. The molecule has 28 heavy (non-hydrogen) atoms. The number of pyridine rings is 1. The first-order valence-electron chi connectivity index (χ1n) is 8.94. The van der Waals surface area contributed by atoms with E-state index in [4.69, 9.17) is 9.84 Å². The lowest BCUT2D eigenvalue weighted by Gasteiger charge is -2.40. The number of nitrogens with one attached hydrogen (secondary N) is 1. The number of hydrogen-bond acceptors (Lipinski definition) is 6. The van der Waals surface area contributed by atoms with Gasteiger partial charge in [-0.25, -0.2) is 4.98 Å². The molecule has 1 aromatic carbocycles. The van der Waals surface area contributed by atoms with Gasteiger partial charge >= 0.3 is 0 Å². The van der Waals surface area contributed by atoms with Crippen molar-refractivity contribution in [2.75, 3.05) is 18.5 Å². The lowest BCUT2D eigenvalue weighted by atomic mass is 9.92. The van der Waals surface area contributed by atoms with Gasteiger partial charge in [0.25, 0.3) is 5.91 Å². The van der Waals surface area contributed by atoms with Crippen LogP contribution in [0.2, 0.25) is 0 Å². The first-order valence-corrected chi connectivity index (χ1v) is 8.94. The minimum Gasteiger partial charge on any atom is -0.376 e. The lowest BCUT2D eigenvalue weighted by molar-refractivity contribution is -0.131. The fourth-order valence-electron chi connectivity index (χ4n) is 4.00. The zero-order valence-electron chi connectivity index (χ0n) is 15.1. The van der Waals surface area contributed by atoms with Gasteiger partial charge < -0.3 is 15.2 Å². The highest BCUT2D eigenvalue weighted by Crippen LogP contribution is 2.43. The van der Waals surface area contributed by atoms with Crippen molar-refractivity contribution >= 4 is 22.6 Å². The molecule has 8 heteroatoms. The second-order valence-electron chi connectivity index (χ2n) is 7.44. The van der Waals surface area contributed by atoms with Crippen molar-refractivity contribution in [1.29, 1.82) is 5.26 Å². The molecule has 0 spiro atoms. The molecule has 3 aromatic rings. The summed E-state index contributed by atoms with van der Waals surface area (Å²) in [5.41, 5.74) is 0.339. The largest absolute Gasteiger partial charge is 0.376 e. The number of carbonyl (C=O) groups excluding carboxylic acids is 1. The molecule has 1 fully saturated rings. The third-order valence-electron chi connectivity index (χ3n) is 5.55. The second-order valence-corrected chi connectivity index (χ2v) is 7.44. The molecule has 140 valence electrons. The number of rotatable bonds is 3. The van der Waals surface area contributed by atoms with Crippen LogP contribution >= 0.6 is 0 Å². The Balaban J connectivity index is 1.79. The molecule has 2 aliphatic heterocycles. The number of para-hydroxylation sites is 1. The van der Waals surface area contributed by atoms with Crippen molar-refractivity contribution in [3.63, 3.8) is 0 Å². The molecule has 8 nitrogen and oxygen atoms in total. The monoisotopic (exact) mass is 375 g/mol. The molecular weight excluding hydrogens is 358 g/mol. The van der Waals surface area contributed by atoms with Crippen LogP contribution in [0, 0.1) is 11.3 Å². The molecule has 4 heterocycles. The summed E-state index contributed by atoms with van der Waals surface area (Å²) in [4.78, 5) is 16.4. The van der Waals surface area contributed by atoms with Gasteiger partial charge in [0.2, 0.25) is 0 Å². The molecule has 2 aromatic heterocycles. The van der Waals surface area contributed by atoms with Gasteiger partial charge in [-0.3, -0.25) is 9.48 Å². The summed E-state index contributed by atoms with van der Waals surface area (Å²) in [6.07, 6.45) is 1.87. The smallest absolute Gasteiger partial charge is 0.262 e. The van der Waals surface area contributed by atoms with Crippen molar-refractivity contribution < 1.29 is 14.6 Å². The number of nitrogens with zero attached hydrogens (tertiary/aromatic N) is 4. The highest BCUT2D eigenvalue weighted by Gasteiger charge is 2.46. The Labute approximate surface area is 160 Å². The minimum atomic E-state index is -1.70. The Hall–Kier alpha value is -3.28. The van der Waals surface area contributed by atoms with Crippen LogP contribution in [0.3, 0.4) is 0 Å². The molecule has 0 radical (unpaired) electrons. The molecule has 1 saturated heterocycles. The van der Waals surface area contributed by atoms with Crippen molar-refractivity contribution in [2.45, 2.75) is 24.5 Å². The van der Waals surface area contributed by atoms with Crippen LogP contribution in [-0.2, 0) is 20.7 Å². The third-order valence-corrected chi connectivity index (χ3v) is 5.55. The van der Waals surface area contributed by atoms with Gasteiger partial charge in [0.1, 0.15) is 17.1 Å². The number of anilines is 1. The highest BCUT2D eigenvalue weighted by atomic mass is 16.5. The van der Waals surface area contributed by atoms with E-state index in [1.54, 1.807) is 12.3 Å². The van der Waals surface area contributed by atoms with Gasteiger partial charge in [-0.1, -0.05) is 18.2 Å². The second kappa shape index (κ2) is 5.61. The molecule has 0 bridgehead atoms. The van der Waals surface area contributed by atoms with E-state index in [1.807, 2.05) is 28.9 Å². The number of aliphatic hydroxyl groups is 1. The van der Waals surface area contributed by atoms with E-state index in [0.717, 1.165) is 10.9 Å². The average Bonchev–Trinajstić information content (AvgIpc) is 3.14. The summed E-state index contributed by atoms with van der Waals surface area (Å²) >= 11 is 0. The van der Waals surface area contributed by atoms with E-state index in [2.05, 4.69) is 16.4 Å². The summed E-state index contributed by atoms with van der Waals surface area (Å²) in [5.74, 6) is -0.177. The van der Waals surface area contributed by atoms with Crippen molar-refractivity contribution in [1.82, 2.24) is 14.8 Å². The van der Waals surface area contributed by atoms with Crippen LogP contribution in [0.15, 0.2) is 36.5 Å². The number of nitriles is 1. The van der Waals surface area contributed by atoms with Gasteiger partial charge in [0.05, 0.1) is 31.2 Å². The summed E-state index contributed by atoms with van der Waals surface area (Å²) in [7, 11) is 0. The Morgan fingerprint density at radius 2 is 2.14 bits per heavy atom. The van der Waals surface area contributed by atoms with E-state index in [1.165, 1.54) is 6.92 Å². The van der Waals surface area contributed by atoms with Gasteiger partial charge in [-0.05, 0) is 19.1 Å². The number of fused-ring (bicyclic) bond motifs is 2. The number of hydrogen-bond donors (Lipinski definition) is 2. The lowest BCUT2D eigenvalue weighted by Crippen LogP contribution is -2.52. The van der Waals surface area contributed by atoms with Crippen molar-refractivity contribution in [3.05, 3.63) is 42.1 Å². The summed E-state index contributed by atoms with van der Waals surface area (Å²) in [6.45, 7) is 2.28. The van der Waals surface area contributed by atoms with Crippen LogP contribution in [0.25, 0.3) is 22.2 Å². The predicted molar refractivity (Wildman–Crippen MR) is 100 cm³/mol. The SMILES string of the molecule is C[C@@]1(O)C(=O)Nc2nccc(-c3nn(C4(CC#N)COC4)c4ccccc34)c21. The maximum absolute atomic E-state index is 12.2. The van der Waals surface area contributed by atoms with E-state index >= 15 is 0 Å². The number of benzene rings is 1. The van der Waals surface area contributed by atoms with Gasteiger partial charge in [-0.15, -0.1) is 0 Å². The maximum Gasteiger partial charge on any atom is 0.262 e. The Morgan fingerprint density at radius 3 is 2.86 bits per heavy atom. The van der Waals surface area contributed by atoms with E-state index in [9.17, 15) is 15.2 Å². The molecule has 2 aliphatic rings. The number of amides is 1. The fraction of sp³-hybridized carbons (Fsp3) is 0.300. The van der Waals surface area contributed by atoms with Crippen LogP contribution in [0.4, 0.5) is 5.82 Å². The Morgan fingerprint density at radius 1 is 1.36 bits per heavy atom. The quantitative estimate of drug-likeness (QED) is 0.723. The van der Waals surface area contributed by atoms with Crippen molar-refractivity contribution in [3.8, 4) is 17.3 Å². The highest BCUT2D eigenvalue weighted by molar-refractivity contribution is 6.07. The first kappa shape index (κ1) is 16.9. The van der Waals surface area contributed by atoms with Gasteiger partial charge in [-0.2, -0.15) is 10.4 Å². The van der Waals surface area contributed by atoms with Crippen LogP contribution < -0.4 is 5.32 Å². The van der Waals surface area contributed by atoms with Gasteiger partial charge in [0, 0.05) is 22.7 Å². The molecule has 1 atom stereocenters. The van der Waals surface area contributed by atoms with E-state index < -0.39 is 17.0 Å². The standard InChI is InChI=1S/C20H17N5O3/c1-19(27)15-13(6-9-22-17(15)23-18(19)26)16-12-4-2-3-5-14(12)25(24-16)20(7-8-21)10-28-11-20/h2-6,9,27H,7,10-11H2,1H3,(H,22,23,26)/t19-/m0/s1. The topological polar surface area (TPSA) is 113 Å². The summed E-state index contributed by atoms with van der Waals surface area (Å²) < 4.78 is 7.27. The maximum atomic E-state index is 12.2. The molecule has 0 aliphatic carbocycles. The van der Waals surface area contributed by atoms with Crippen molar-refractivity contribution in [2.24, 2.45) is 0 Å². The molecule has 0 saturated carbocycles. The normalized spacial score (nSPS) is 22.4. The Bertz CT molecular complexity index is 1170. The van der Waals surface area contributed by atoms with Crippen LogP contribution in [0.5, 0.6) is 0 Å². The van der Waals surface area contributed by atoms with Crippen LogP contribution in [0.1, 0.15) is 18.9 Å². The van der Waals surface area contributed by atoms with E-state index in [0.29, 0.717) is 35.9 Å². The molecule has 5 rings (SSSR count). The number of aromatic nitrogens is 3. The Kier molecular flexibility index (Phi) is 3.38. The summed E-state index contributed by atoms with van der Waals surface area (Å²) in [6, 6.07) is 11.7. The molecule has 2 N–H and O–H groups in total. The average molecular weight is 375 g/mol. The molecule has 0 unspecified atom stereocenters. The van der Waals surface area contributed by atoms with E-state index in [-0.39, 0.29) is 6.42 Å². The number of ether oxygens (including phenoxy) is 1. The minimum absolute atomic E-state index is 0.282. The summed E-state index contributed by atoms with van der Waals surface area (Å²) in [5, 5.41) is 28.4. The zero-order chi connectivity index (χ0) is 19.5. The predicted octanol–water partition coefficient (Wildman–Crippen LogP) is 1.90.